The molecule has 0 aliphatic carbocycles. The molecule has 0 atom stereocenters. The molecular formula is C11H10BrIS. The molecule has 0 radical (unpaired) electrons. The standard InChI is InChI=1S/C11H10BrIS/c1-2-8-5-7-3-4-10(13)9(6-12)11(7)14-8/h3-5H,2,6H2,1H3. The molecule has 0 saturated carbocycles. The Labute approximate surface area is 110 Å². The molecule has 0 aliphatic rings. The number of fused-ring (bicyclic) bond motifs is 1. The number of aryl methyl sites for hydroxylation is 1. The van der Waals surface area contributed by atoms with Gasteiger partial charge in [0, 0.05) is 18.5 Å². The lowest BCUT2D eigenvalue weighted by atomic mass is 10.2. The predicted molar refractivity (Wildman–Crippen MR) is 76.6 cm³/mol. The van der Waals surface area contributed by atoms with Crippen molar-refractivity contribution in [3.63, 3.8) is 0 Å². The van der Waals surface area contributed by atoms with Crippen LogP contribution in [-0.2, 0) is 11.8 Å². The Kier molecular flexibility index (Phi) is 3.50. The number of hydrogen-bond donors (Lipinski definition) is 0. The number of benzene rings is 1. The fourth-order valence-electron chi connectivity index (χ4n) is 1.49. The van der Waals surface area contributed by atoms with E-state index in [2.05, 4.69) is 63.6 Å². The first-order chi connectivity index (χ1) is 6.76. The van der Waals surface area contributed by atoms with E-state index in [4.69, 9.17) is 0 Å². The van der Waals surface area contributed by atoms with E-state index < -0.39 is 0 Å². The summed E-state index contributed by atoms with van der Waals surface area (Å²) in [5.41, 5.74) is 1.44. The first-order valence-corrected chi connectivity index (χ1v) is 7.53. The summed E-state index contributed by atoms with van der Waals surface area (Å²) < 4.78 is 2.81. The highest BCUT2D eigenvalue weighted by atomic mass is 127. The van der Waals surface area contributed by atoms with Crippen LogP contribution in [0.1, 0.15) is 17.4 Å². The van der Waals surface area contributed by atoms with Crippen molar-refractivity contribution in [1.82, 2.24) is 0 Å². The molecule has 74 valence electrons. The number of alkyl halides is 1. The molecule has 1 aromatic heterocycles. The van der Waals surface area contributed by atoms with E-state index in [0.717, 1.165) is 11.8 Å². The Morgan fingerprint density at radius 1 is 1.43 bits per heavy atom. The minimum atomic E-state index is 0.951. The van der Waals surface area contributed by atoms with Gasteiger partial charge in [0.05, 0.1) is 0 Å². The van der Waals surface area contributed by atoms with E-state index in [9.17, 15) is 0 Å². The SMILES string of the molecule is CCc1cc2ccc(I)c(CBr)c2s1. The molecule has 0 fully saturated rings. The molecule has 2 rings (SSSR count). The molecular weight excluding hydrogens is 371 g/mol. The van der Waals surface area contributed by atoms with Gasteiger partial charge in [-0.05, 0) is 52.1 Å². The van der Waals surface area contributed by atoms with Crippen molar-refractivity contribution in [3.05, 3.63) is 32.2 Å². The average Bonchev–Trinajstić information content (AvgIpc) is 2.60. The highest BCUT2D eigenvalue weighted by molar-refractivity contribution is 14.1. The molecule has 0 unspecified atom stereocenters. The molecule has 0 nitrogen and oxygen atoms in total. The van der Waals surface area contributed by atoms with Gasteiger partial charge in [0.1, 0.15) is 0 Å². The second kappa shape index (κ2) is 4.49. The molecule has 0 amide bonds. The molecule has 0 saturated heterocycles. The summed E-state index contributed by atoms with van der Waals surface area (Å²) in [6, 6.07) is 6.73. The Morgan fingerprint density at radius 3 is 2.86 bits per heavy atom. The third-order valence-electron chi connectivity index (χ3n) is 2.27. The van der Waals surface area contributed by atoms with Crippen LogP contribution >= 0.6 is 49.9 Å². The van der Waals surface area contributed by atoms with Gasteiger partial charge in [-0.15, -0.1) is 11.3 Å². The van der Waals surface area contributed by atoms with Crippen molar-refractivity contribution < 1.29 is 0 Å². The second-order valence-electron chi connectivity index (χ2n) is 3.14. The molecule has 1 aromatic carbocycles. The molecule has 0 N–H and O–H groups in total. The lowest BCUT2D eigenvalue weighted by Crippen LogP contribution is -1.82. The third kappa shape index (κ3) is 1.86. The van der Waals surface area contributed by atoms with Crippen molar-refractivity contribution in [2.75, 3.05) is 0 Å². The zero-order chi connectivity index (χ0) is 10.1. The van der Waals surface area contributed by atoms with E-state index in [1.54, 1.807) is 0 Å². The molecule has 3 heteroatoms. The maximum Gasteiger partial charge on any atom is 0.0396 e. The van der Waals surface area contributed by atoms with Gasteiger partial charge in [-0.25, -0.2) is 0 Å². The molecule has 0 spiro atoms. The third-order valence-corrected chi connectivity index (χ3v) is 5.19. The van der Waals surface area contributed by atoms with Crippen LogP contribution in [-0.4, -0.2) is 0 Å². The van der Waals surface area contributed by atoms with E-state index in [-0.39, 0.29) is 0 Å². The van der Waals surface area contributed by atoms with Crippen molar-refractivity contribution >= 4 is 59.9 Å². The van der Waals surface area contributed by atoms with Crippen LogP contribution in [0, 0.1) is 3.57 Å². The van der Waals surface area contributed by atoms with Gasteiger partial charge in [-0.3, -0.25) is 0 Å². The number of thiophene rings is 1. The molecule has 14 heavy (non-hydrogen) atoms. The van der Waals surface area contributed by atoms with Crippen LogP contribution in [0.3, 0.4) is 0 Å². The highest BCUT2D eigenvalue weighted by Crippen LogP contribution is 2.33. The summed E-state index contributed by atoms with van der Waals surface area (Å²) in [5, 5.41) is 2.34. The van der Waals surface area contributed by atoms with Crippen molar-refractivity contribution in [3.8, 4) is 0 Å². The second-order valence-corrected chi connectivity index (χ2v) is 6.00. The fraction of sp³-hybridized carbons (Fsp3) is 0.273. The number of halogens is 2. The summed E-state index contributed by atoms with van der Waals surface area (Å²) in [6.45, 7) is 2.21. The van der Waals surface area contributed by atoms with Crippen molar-refractivity contribution in [2.45, 2.75) is 18.7 Å². The first kappa shape index (κ1) is 10.9. The minimum absolute atomic E-state index is 0.951. The lowest BCUT2D eigenvalue weighted by molar-refractivity contribution is 1.19. The molecule has 1 heterocycles. The zero-order valence-corrected chi connectivity index (χ0v) is 12.4. The van der Waals surface area contributed by atoms with E-state index in [1.807, 2.05) is 11.3 Å². The van der Waals surface area contributed by atoms with Crippen LogP contribution in [0.5, 0.6) is 0 Å². The Morgan fingerprint density at radius 2 is 2.21 bits per heavy atom. The molecule has 2 aromatic rings. The van der Waals surface area contributed by atoms with Gasteiger partial charge in [0.25, 0.3) is 0 Å². The maximum atomic E-state index is 3.56. The largest absolute Gasteiger partial charge is 0.140 e. The minimum Gasteiger partial charge on any atom is -0.140 e. The highest BCUT2D eigenvalue weighted by Gasteiger charge is 2.07. The van der Waals surface area contributed by atoms with Gasteiger partial charge in [-0.1, -0.05) is 28.9 Å². The van der Waals surface area contributed by atoms with Gasteiger partial charge in [-0.2, -0.15) is 0 Å². The average molecular weight is 381 g/mol. The van der Waals surface area contributed by atoms with E-state index in [1.165, 1.54) is 24.1 Å². The normalized spacial score (nSPS) is 11.1. The summed E-state index contributed by atoms with van der Waals surface area (Å²) in [5.74, 6) is 0. The summed E-state index contributed by atoms with van der Waals surface area (Å²) in [4.78, 5) is 1.48. The Hall–Kier alpha value is 0.390. The quantitative estimate of drug-likeness (QED) is 0.510. The zero-order valence-electron chi connectivity index (χ0n) is 7.81. The number of rotatable bonds is 2. The predicted octanol–water partition coefficient (Wildman–Crippen LogP) is 4.96. The number of hydrogen-bond acceptors (Lipinski definition) is 1. The summed E-state index contributed by atoms with van der Waals surface area (Å²) in [6.07, 6.45) is 1.14. The Balaban J connectivity index is 2.73. The van der Waals surface area contributed by atoms with Crippen LogP contribution in [0.15, 0.2) is 18.2 Å². The Bertz CT molecular complexity index is 462. The molecule has 0 aliphatic heterocycles. The van der Waals surface area contributed by atoms with Gasteiger partial charge >= 0.3 is 0 Å². The van der Waals surface area contributed by atoms with Gasteiger partial charge in [0.15, 0.2) is 0 Å². The monoisotopic (exact) mass is 380 g/mol. The summed E-state index contributed by atoms with van der Waals surface area (Å²) >= 11 is 7.90. The smallest absolute Gasteiger partial charge is 0.0396 e. The van der Waals surface area contributed by atoms with Crippen LogP contribution in [0.25, 0.3) is 10.1 Å². The van der Waals surface area contributed by atoms with E-state index in [0.29, 0.717) is 0 Å². The van der Waals surface area contributed by atoms with Crippen molar-refractivity contribution in [2.24, 2.45) is 0 Å². The topological polar surface area (TPSA) is 0 Å². The lowest BCUT2D eigenvalue weighted by Gasteiger charge is -2.00. The fourth-order valence-corrected chi connectivity index (χ4v) is 4.75. The van der Waals surface area contributed by atoms with Crippen LogP contribution in [0.2, 0.25) is 0 Å². The summed E-state index contributed by atoms with van der Waals surface area (Å²) in [7, 11) is 0. The van der Waals surface area contributed by atoms with Crippen LogP contribution < -0.4 is 0 Å². The van der Waals surface area contributed by atoms with Gasteiger partial charge < -0.3 is 0 Å². The van der Waals surface area contributed by atoms with Gasteiger partial charge in [0.2, 0.25) is 0 Å². The first-order valence-electron chi connectivity index (χ1n) is 4.52. The van der Waals surface area contributed by atoms with Crippen LogP contribution in [0.4, 0.5) is 0 Å². The molecule has 0 bridgehead atoms. The van der Waals surface area contributed by atoms with E-state index >= 15 is 0 Å². The maximum absolute atomic E-state index is 3.56. The van der Waals surface area contributed by atoms with Crippen molar-refractivity contribution in [1.29, 1.82) is 0 Å².